The maximum absolute atomic E-state index is 12.3. The molecule has 4 rings (SSSR count). The Morgan fingerprint density at radius 2 is 1.84 bits per heavy atom. The molecule has 0 radical (unpaired) electrons. The molecular weight excluding hydrogens is 396 g/mol. The second kappa shape index (κ2) is 9.13. The van der Waals surface area contributed by atoms with Crippen LogP contribution in [0.15, 0.2) is 60.7 Å². The van der Waals surface area contributed by atoms with Gasteiger partial charge in [0.1, 0.15) is 11.6 Å². The largest absolute Gasteiger partial charge is 0.482 e. The van der Waals surface area contributed by atoms with Gasteiger partial charge < -0.3 is 14.8 Å². The van der Waals surface area contributed by atoms with Crippen LogP contribution in [0.25, 0.3) is 5.69 Å². The van der Waals surface area contributed by atoms with Crippen LogP contribution in [0.4, 0.5) is 5.82 Å². The number of amides is 1. The Hall–Kier alpha value is -4.12. The number of benzene rings is 2. The number of nitriles is 1. The molecule has 1 aliphatic carbocycles. The molecule has 0 spiro atoms. The van der Waals surface area contributed by atoms with E-state index in [1.165, 1.54) is 0 Å². The van der Waals surface area contributed by atoms with Gasteiger partial charge in [0, 0.05) is 12.0 Å². The molecule has 156 valence electrons. The van der Waals surface area contributed by atoms with E-state index in [1.54, 1.807) is 28.9 Å². The van der Waals surface area contributed by atoms with E-state index in [4.69, 9.17) is 14.7 Å². The van der Waals surface area contributed by atoms with Crippen LogP contribution in [0.5, 0.6) is 5.75 Å². The third kappa shape index (κ3) is 5.28. The van der Waals surface area contributed by atoms with Crippen LogP contribution in [-0.4, -0.2) is 34.9 Å². The Morgan fingerprint density at radius 3 is 2.52 bits per heavy atom. The monoisotopic (exact) mass is 416 g/mol. The van der Waals surface area contributed by atoms with E-state index in [2.05, 4.69) is 10.4 Å². The number of nitrogens with one attached hydrogen (secondary N) is 1. The lowest BCUT2D eigenvalue weighted by Crippen LogP contribution is -2.24. The zero-order valence-electron chi connectivity index (χ0n) is 16.7. The van der Waals surface area contributed by atoms with Crippen molar-refractivity contribution in [2.24, 2.45) is 0 Å². The van der Waals surface area contributed by atoms with Gasteiger partial charge in [-0.15, -0.1) is 0 Å². The minimum Gasteiger partial charge on any atom is -0.482 e. The van der Waals surface area contributed by atoms with Gasteiger partial charge in [-0.3, -0.25) is 4.79 Å². The smallest absolute Gasteiger partial charge is 0.344 e. The van der Waals surface area contributed by atoms with Crippen molar-refractivity contribution in [1.82, 2.24) is 9.78 Å². The molecule has 1 aromatic heterocycles. The molecule has 0 aliphatic heterocycles. The summed E-state index contributed by atoms with van der Waals surface area (Å²) in [5.41, 5.74) is 2.26. The summed E-state index contributed by atoms with van der Waals surface area (Å²) in [5.74, 6) is 0.251. The van der Waals surface area contributed by atoms with E-state index in [9.17, 15) is 9.59 Å². The highest BCUT2D eigenvalue weighted by Gasteiger charge is 2.28. The molecule has 3 aromatic rings. The van der Waals surface area contributed by atoms with Crippen molar-refractivity contribution < 1.29 is 19.1 Å². The Morgan fingerprint density at radius 1 is 1.10 bits per heavy atom. The van der Waals surface area contributed by atoms with E-state index in [1.807, 2.05) is 42.5 Å². The third-order valence-electron chi connectivity index (χ3n) is 4.70. The van der Waals surface area contributed by atoms with Crippen molar-refractivity contribution in [3.8, 4) is 17.5 Å². The number of esters is 1. The first-order chi connectivity index (χ1) is 15.1. The molecule has 2 aromatic carbocycles. The fraction of sp³-hybridized carbons (Fsp3) is 0.217. The lowest BCUT2D eigenvalue weighted by Gasteiger charge is -2.10. The minimum atomic E-state index is -0.672. The summed E-state index contributed by atoms with van der Waals surface area (Å²) in [5, 5.41) is 16.2. The van der Waals surface area contributed by atoms with Crippen LogP contribution >= 0.6 is 0 Å². The van der Waals surface area contributed by atoms with Gasteiger partial charge in [0.15, 0.2) is 13.2 Å². The Labute approximate surface area is 179 Å². The lowest BCUT2D eigenvalue weighted by molar-refractivity contribution is -0.149. The van der Waals surface area contributed by atoms with Gasteiger partial charge in [0.25, 0.3) is 5.91 Å². The number of carbonyl (C=O) groups is 2. The van der Waals surface area contributed by atoms with Crippen LogP contribution < -0.4 is 10.1 Å². The Bertz CT molecular complexity index is 1110. The van der Waals surface area contributed by atoms with E-state index in [-0.39, 0.29) is 6.61 Å². The summed E-state index contributed by atoms with van der Waals surface area (Å²) in [7, 11) is 0. The number of hydrogen-bond donors (Lipinski definition) is 1. The molecule has 0 atom stereocenters. The van der Waals surface area contributed by atoms with Crippen LogP contribution in [0, 0.1) is 11.3 Å². The number of hydrogen-bond acceptors (Lipinski definition) is 6. The summed E-state index contributed by atoms with van der Waals surface area (Å²) >= 11 is 0. The van der Waals surface area contributed by atoms with Gasteiger partial charge in [-0.25, -0.2) is 9.48 Å². The van der Waals surface area contributed by atoms with Crippen LogP contribution in [0.1, 0.15) is 30.0 Å². The Kier molecular flexibility index (Phi) is 5.94. The molecule has 8 heteroatoms. The molecule has 0 bridgehead atoms. The van der Waals surface area contributed by atoms with Gasteiger partial charge in [0.05, 0.1) is 23.0 Å². The lowest BCUT2D eigenvalue weighted by atomic mass is 10.2. The molecule has 8 nitrogen and oxygen atoms in total. The molecule has 0 unspecified atom stereocenters. The molecule has 1 N–H and O–H groups in total. The first kappa shape index (κ1) is 20.2. The molecule has 1 heterocycles. The highest BCUT2D eigenvalue weighted by atomic mass is 16.6. The fourth-order valence-electron chi connectivity index (χ4n) is 2.97. The average Bonchev–Trinajstić information content (AvgIpc) is 3.57. The summed E-state index contributed by atoms with van der Waals surface area (Å²) in [6.07, 6.45) is 2.19. The van der Waals surface area contributed by atoms with E-state index in [0.29, 0.717) is 23.0 Å². The van der Waals surface area contributed by atoms with Gasteiger partial charge >= 0.3 is 5.97 Å². The maximum atomic E-state index is 12.3. The van der Waals surface area contributed by atoms with Crippen molar-refractivity contribution in [2.75, 3.05) is 18.5 Å². The zero-order valence-corrected chi connectivity index (χ0v) is 16.7. The van der Waals surface area contributed by atoms with E-state index < -0.39 is 18.5 Å². The predicted molar refractivity (Wildman–Crippen MR) is 112 cm³/mol. The standard InChI is InChI=1S/C23H20N4O4/c24-13-16-6-10-19(11-7-16)30-15-23(29)31-14-22(28)25-21-12-20(17-8-9-17)26-27(21)18-4-2-1-3-5-18/h1-7,10-12,17H,8-9,14-15H2,(H,25,28). The second-order valence-corrected chi connectivity index (χ2v) is 7.11. The summed E-state index contributed by atoms with van der Waals surface area (Å²) in [4.78, 5) is 24.2. The third-order valence-corrected chi connectivity index (χ3v) is 4.70. The SMILES string of the molecule is N#Cc1ccc(OCC(=O)OCC(=O)Nc2cc(C3CC3)nn2-c2ccccc2)cc1. The number of rotatable bonds is 8. The topological polar surface area (TPSA) is 106 Å². The van der Waals surface area contributed by atoms with Crippen LogP contribution in [0.2, 0.25) is 0 Å². The molecular formula is C23H20N4O4. The normalized spacial score (nSPS) is 12.6. The molecule has 1 saturated carbocycles. The number of ether oxygens (including phenoxy) is 2. The van der Waals surface area contributed by atoms with Gasteiger partial charge in [-0.1, -0.05) is 18.2 Å². The summed E-state index contributed by atoms with van der Waals surface area (Å²) in [6.45, 7) is -0.777. The van der Waals surface area contributed by atoms with E-state index in [0.717, 1.165) is 24.2 Å². The highest BCUT2D eigenvalue weighted by Crippen LogP contribution is 2.40. The molecule has 1 aliphatic rings. The molecule has 31 heavy (non-hydrogen) atoms. The second-order valence-electron chi connectivity index (χ2n) is 7.11. The predicted octanol–water partition coefficient (Wildman–Crippen LogP) is 3.18. The minimum absolute atomic E-state index is 0.340. The number of carbonyl (C=O) groups excluding carboxylic acids is 2. The molecule has 1 fully saturated rings. The number of aromatic nitrogens is 2. The molecule has 0 saturated heterocycles. The van der Waals surface area contributed by atoms with Crippen molar-refractivity contribution in [3.05, 3.63) is 71.9 Å². The van der Waals surface area contributed by atoms with Crippen molar-refractivity contribution in [3.63, 3.8) is 0 Å². The Balaban J connectivity index is 1.31. The summed E-state index contributed by atoms with van der Waals surface area (Å²) < 4.78 is 12.0. The quantitative estimate of drug-likeness (QED) is 0.565. The van der Waals surface area contributed by atoms with Crippen LogP contribution in [0.3, 0.4) is 0 Å². The zero-order chi connectivity index (χ0) is 21.6. The highest BCUT2D eigenvalue weighted by molar-refractivity contribution is 5.92. The van der Waals surface area contributed by atoms with E-state index >= 15 is 0 Å². The van der Waals surface area contributed by atoms with Crippen LogP contribution in [-0.2, 0) is 14.3 Å². The number of nitrogens with zero attached hydrogens (tertiary/aromatic N) is 3. The first-order valence-electron chi connectivity index (χ1n) is 9.86. The number of para-hydroxylation sites is 1. The van der Waals surface area contributed by atoms with Gasteiger partial charge in [-0.05, 0) is 49.2 Å². The average molecular weight is 416 g/mol. The first-order valence-corrected chi connectivity index (χ1v) is 9.86. The van der Waals surface area contributed by atoms with Crippen molar-refractivity contribution in [2.45, 2.75) is 18.8 Å². The molecule has 1 amide bonds. The van der Waals surface area contributed by atoms with Crippen molar-refractivity contribution in [1.29, 1.82) is 5.26 Å². The maximum Gasteiger partial charge on any atom is 0.344 e. The van der Waals surface area contributed by atoms with Gasteiger partial charge in [0.2, 0.25) is 0 Å². The summed E-state index contributed by atoms with van der Waals surface area (Å²) in [6, 6.07) is 19.7. The fourth-order valence-corrected chi connectivity index (χ4v) is 2.97. The van der Waals surface area contributed by atoms with Crippen molar-refractivity contribution >= 4 is 17.7 Å². The number of anilines is 1. The van der Waals surface area contributed by atoms with Gasteiger partial charge in [-0.2, -0.15) is 10.4 Å².